The van der Waals surface area contributed by atoms with E-state index in [0.29, 0.717) is 12.0 Å². The van der Waals surface area contributed by atoms with Crippen LogP contribution in [0.15, 0.2) is 66.5 Å². The van der Waals surface area contributed by atoms with Gasteiger partial charge in [0, 0.05) is 35.6 Å². The molecule has 0 radical (unpaired) electrons. The Morgan fingerprint density at radius 3 is 2.89 bits per heavy atom. The molecule has 0 saturated carbocycles. The fourth-order valence-electron chi connectivity index (χ4n) is 4.43. The molecule has 27 heavy (non-hydrogen) atoms. The number of benzene rings is 1. The zero-order chi connectivity index (χ0) is 18.2. The molecule has 1 amide bonds. The lowest BCUT2D eigenvalue weighted by Gasteiger charge is -2.31. The molecule has 2 aromatic rings. The summed E-state index contributed by atoms with van der Waals surface area (Å²) in [6.07, 6.45) is 14.3. The number of aromatic nitrogens is 1. The first-order valence-corrected chi connectivity index (χ1v) is 9.66. The van der Waals surface area contributed by atoms with Gasteiger partial charge in [-0.2, -0.15) is 0 Å². The first-order chi connectivity index (χ1) is 13.3. The summed E-state index contributed by atoms with van der Waals surface area (Å²) in [6.45, 7) is 0.792. The second kappa shape index (κ2) is 6.74. The van der Waals surface area contributed by atoms with Crippen molar-refractivity contribution < 1.29 is 4.79 Å². The molecule has 4 atom stereocenters. The van der Waals surface area contributed by atoms with E-state index in [0.717, 1.165) is 24.9 Å². The average molecular weight is 360 g/mol. The molecule has 0 bridgehead atoms. The van der Waals surface area contributed by atoms with Crippen LogP contribution in [0.4, 0.5) is 0 Å². The maximum absolute atomic E-state index is 12.7. The molecule has 0 spiro atoms. The van der Waals surface area contributed by atoms with E-state index in [4.69, 9.17) is 0 Å². The van der Waals surface area contributed by atoms with Gasteiger partial charge in [-0.25, -0.2) is 0 Å². The third-order valence-electron chi connectivity index (χ3n) is 5.88. The third kappa shape index (κ3) is 3.08. The molecule has 1 aromatic carbocycles. The minimum atomic E-state index is -0.157. The Balaban J connectivity index is 1.22. The smallest absolute Gasteiger partial charge is 0.237 e. The van der Waals surface area contributed by atoms with Gasteiger partial charge in [0.25, 0.3) is 0 Å². The number of hydrogen-bond acceptors (Lipinski definition) is 3. The topological polar surface area (TPSA) is 69.0 Å². The fourth-order valence-corrected chi connectivity index (χ4v) is 4.43. The summed E-state index contributed by atoms with van der Waals surface area (Å²) in [5, 5.41) is 11.3. The maximum atomic E-state index is 12.7. The van der Waals surface area contributed by atoms with Gasteiger partial charge in [0.2, 0.25) is 5.91 Å². The predicted molar refractivity (Wildman–Crippen MR) is 107 cm³/mol. The number of allylic oxidation sites excluding steroid dienone is 2. The SMILES string of the molecule is O=C1N[C@@H](Cc2c[nH]c3ccccc23)CN[C@H]1CC1=CNC2C=CC=CC12. The highest BCUT2D eigenvalue weighted by Crippen LogP contribution is 2.29. The van der Waals surface area contributed by atoms with E-state index in [2.05, 4.69) is 75.8 Å². The van der Waals surface area contributed by atoms with Gasteiger partial charge in [-0.1, -0.05) is 42.5 Å². The largest absolute Gasteiger partial charge is 0.384 e. The van der Waals surface area contributed by atoms with E-state index in [1.807, 2.05) is 6.07 Å². The zero-order valence-corrected chi connectivity index (χ0v) is 15.1. The number of carbonyl (C=O) groups is 1. The molecule has 1 saturated heterocycles. The molecule has 138 valence electrons. The summed E-state index contributed by atoms with van der Waals surface area (Å²) >= 11 is 0. The molecule has 1 fully saturated rings. The van der Waals surface area contributed by atoms with E-state index in [1.165, 1.54) is 16.5 Å². The Hall–Kier alpha value is -2.79. The fraction of sp³-hybridized carbons (Fsp3) is 0.318. The van der Waals surface area contributed by atoms with Gasteiger partial charge < -0.3 is 20.9 Å². The van der Waals surface area contributed by atoms with Gasteiger partial charge in [-0.3, -0.25) is 4.79 Å². The van der Waals surface area contributed by atoms with E-state index < -0.39 is 0 Å². The van der Waals surface area contributed by atoms with Crippen molar-refractivity contribution in [3.05, 3.63) is 72.1 Å². The van der Waals surface area contributed by atoms with Gasteiger partial charge in [-0.15, -0.1) is 0 Å². The van der Waals surface area contributed by atoms with Crippen molar-refractivity contribution in [2.45, 2.75) is 31.0 Å². The number of amides is 1. The molecular weight excluding hydrogens is 336 g/mol. The second-order valence-electron chi connectivity index (χ2n) is 7.64. The summed E-state index contributed by atoms with van der Waals surface area (Å²) in [6, 6.07) is 8.60. The number of rotatable bonds is 4. The van der Waals surface area contributed by atoms with Crippen molar-refractivity contribution in [1.82, 2.24) is 20.9 Å². The Bertz CT molecular complexity index is 954. The highest BCUT2D eigenvalue weighted by molar-refractivity contribution is 5.85. The van der Waals surface area contributed by atoms with Crippen molar-refractivity contribution in [3.8, 4) is 0 Å². The first kappa shape index (κ1) is 16.4. The van der Waals surface area contributed by atoms with Gasteiger partial charge in [-0.05, 0) is 36.2 Å². The number of para-hydroxylation sites is 1. The lowest BCUT2D eigenvalue weighted by atomic mass is 9.87. The number of carbonyl (C=O) groups excluding carboxylic acids is 1. The molecule has 3 aliphatic rings. The lowest BCUT2D eigenvalue weighted by molar-refractivity contribution is -0.125. The molecule has 1 aromatic heterocycles. The Morgan fingerprint density at radius 1 is 1.07 bits per heavy atom. The van der Waals surface area contributed by atoms with Crippen molar-refractivity contribution in [3.63, 3.8) is 0 Å². The van der Waals surface area contributed by atoms with E-state index in [-0.39, 0.29) is 18.0 Å². The molecule has 2 aliphatic heterocycles. The highest BCUT2D eigenvalue weighted by Gasteiger charge is 2.33. The predicted octanol–water partition coefficient (Wildman–Crippen LogP) is 2.15. The monoisotopic (exact) mass is 360 g/mol. The van der Waals surface area contributed by atoms with Crippen LogP contribution >= 0.6 is 0 Å². The molecule has 5 rings (SSSR count). The number of fused-ring (bicyclic) bond motifs is 2. The maximum Gasteiger partial charge on any atom is 0.237 e. The second-order valence-corrected chi connectivity index (χ2v) is 7.64. The van der Waals surface area contributed by atoms with Gasteiger partial charge in [0.15, 0.2) is 0 Å². The summed E-state index contributed by atoms with van der Waals surface area (Å²) in [5.74, 6) is 0.472. The molecule has 1 aliphatic carbocycles. The Kier molecular flexibility index (Phi) is 4.09. The van der Waals surface area contributed by atoms with Crippen LogP contribution in [0.3, 0.4) is 0 Å². The number of nitrogens with one attached hydrogen (secondary N) is 4. The highest BCUT2D eigenvalue weighted by atomic mass is 16.2. The quantitative estimate of drug-likeness (QED) is 0.675. The van der Waals surface area contributed by atoms with Gasteiger partial charge in [0.1, 0.15) is 0 Å². The van der Waals surface area contributed by atoms with E-state index >= 15 is 0 Å². The third-order valence-corrected chi connectivity index (χ3v) is 5.88. The molecular formula is C22H24N4O. The molecule has 4 N–H and O–H groups in total. The standard InChI is InChI=1S/C22H24N4O/c27-22-21(10-15-12-24-20-8-4-2-6-18(15)20)25-13-16(26-22)9-14-11-23-19-7-3-1-5-17(14)19/h1-8,11-12,16,18,20-21,23-25H,9-10,13H2,(H,26,27)/t16-,18?,20?,21-/m0/s1. The zero-order valence-electron chi connectivity index (χ0n) is 15.1. The minimum Gasteiger partial charge on any atom is -0.384 e. The molecule has 5 heteroatoms. The van der Waals surface area contributed by atoms with E-state index in [9.17, 15) is 4.79 Å². The summed E-state index contributed by atoms with van der Waals surface area (Å²) in [4.78, 5) is 16.0. The number of hydrogen-bond donors (Lipinski definition) is 4. The summed E-state index contributed by atoms with van der Waals surface area (Å²) in [5.41, 5.74) is 3.69. The van der Waals surface area contributed by atoms with Crippen molar-refractivity contribution in [2.24, 2.45) is 5.92 Å². The van der Waals surface area contributed by atoms with Crippen LogP contribution in [-0.4, -0.2) is 35.6 Å². The van der Waals surface area contributed by atoms with Gasteiger partial charge in [0.05, 0.1) is 12.1 Å². The Morgan fingerprint density at radius 2 is 1.96 bits per heavy atom. The van der Waals surface area contributed by atoms with Crippen LogP contribution in [-0.2, 0) is 11.2 Å². The lowest BCUT2D eigenvalue weighted by Crippen LogP contribution is -2.59. The van der Waals surface area contributed by atoms with Gasteiger partial charge >= 0.3 is 0 Å². The van der Waals surface area contributed by atoms with Crippen molar-refractivity contribution in [1.29, 1.82) is 0 Å². The van der Waals surface area contributed by atoms with E-state index in [1.54, 1.807) is 0 Å². The Labute approximate surface area is 158 Å². The summed E-state index contributed by atoms with van der Waals surface area (Å²) in [7, 11) is 0. The first-order valence-electron chi connectivity index (χ1n) is 9.66. The van der Waals surface area contributed by atoms with Crippen molar-refractivity contribution in [2.75, 3.05) is 6.54 Å². The van der Waals surface area contributed by atoms with Crippen LogP contribution in [0.1, 0.15) is 12.0 Å². The summed E-state index contributed by atoms with van der Waals surface area (Å²) < 4.78 is 0. The molecule has 5 nitrogen and oxygen atoms in total. The average Bonchev–Trinajstić information content (AvgIpc) is 3.29. The van der Waals surface area contributed by atoms with Crippen LogP contribution < -0.4 is 16.0 Å². The number of aromatic amines is 1. The number of H-pyrrole nitrogens is 1. The van der Waals surface area contributed by atoms with Crippen molar-refractivity contribution >= 4 is 16.8 Å². The number of piperazine rings is 1. The normalized spacial score (nSPS) is 29.3. The molecule has 2 unspecified atom stereocenters. The van der Waals surface area contributed by atoms with Crippen LogP contribution in [0, 0.1) is 5.92 Å². The minimum absolute atomic E-state index is 0.103. The van der Waals surface area contributed by atoms with Crippen LogP contribution in [0.2, 0.25) is 0 Å². The molecule has 3 heterocycles. The van der Waals surface area contributed by atoms with Crippen LogP contribution in [0.5, 0.6) is 0 Å². The van der Waals surface area contributed by atoms with Crippen LogP contribution in [0.25, 0.3) is 10.9 Å².